The summed E-state index contributed by atoms with van der Waals surface area (Å²) in [7, 11) is 3.96. The van der Waals surface area contributed by atoms with Gasteiger partial charge in [0.2, 0.25) is 11.9 Å². The van der Waals surface area contributed by atoms with Gasteiger partial charge in [-0.25, -0.2) is 9.97 Å². The molecule has 1 aromatic heterocycles. The fourth-order valence-electron chi connectivity index (χ4n) is 3.51. The molecule has 0 aliphatic carbocycles. The Kier molecular flexibility index (Phi) is 6.51. The van der Waals surface area contributed by atoms with Crippen molar-refractivity contribution in [2.45, 2.75) is 6.42 Å². The number of aromatic nitrogens is 2. The molecule has 2 aromatic carbocycles. The van der Waals surface area contributed by atoms with Crippen LogP contribution in [0.25, 0.3) is 11.3 Å². The first kappa shape index (κ1) is 21.6. The van der Waals surface area contributed by atoms with E-state index in [0.717, 1.165) is 23.4 Å². The Balaban J connectivity index is 1.54. The Labute approximate surface area is 187 Å². The number of ether oxygens (including phenoxy) is 2. The molecule has 0 saturated heterocycles. The highest BCUT2D eigenvalue weighted by Crippen LogP contribution is 2.32. The summed E-state index contributed by atoms with van der Waals surface area (Å²) in [5.41, 5.74) is 8.89. The highest BCUT2D eigenvalue weighted by atomic mass is 16.5. The van der Waals surface area contributed by atoms with Crippen molar-refractivity contribution < 1.29 is 14.3 Å². The summed E-state index contributed by atoms with van der Waals surface area (Å²) in [6.45, 7) is 1.56. The molecule has 4 rings (SSSR count). The third-order valence-corrected chi connectivity index (χ3v) is 5.26. The Morgan fingerprint density at radius 2 is 2.09 bits per heavy atom. The first-order valence-corrected chi connectivity index (χ1v) is 10.5. The Morgan fingerprint density at radius 1 is 1.25 bits per heavy atom. The number of para-hydroxylation sites is 1. The van der Waals surface area contributed by atoms with E-state index in [-0.39, 0.29) is 17.8 Å². The van der Waals surface area contributed by atoms with Gasteiger partial charge in [-0.05, 0) is 50.3 Å². The molecule has 32 heavy (non-hydrogen) atoms. The maximum atomic E-state index is 13.0. The summed E-state index contributed by atoms with van der Waals surface area (Å²) in [5, 5.41) is 3.02. The summed E-state index contributed by atoms with van der Waals surface area (Å²) in [6, 6.07) is 15.2. The maximum Gasteiger partial charge on any atom is 0.231 e. The second-order valence-corrected chi connectivity index (χ2v) is 7.97. The second-order valence-electron chi connectivity index (χ2n) is 7.97. The van der Waals surface area contributed by atoms with Gasteiger partial charge in [0.05, 0.1) is 17.3 Å². The average Bonchev–Trinajstić information content (AvgIpc) is 2.79. The van der Waals surface area contributed by atoms with Gasteiger partial charge in [0, 0.05) is 18.3 Å². The maximum absolute atomic E-state index is 13.0. The van der Waals surface area contributed by atoms with E-state index in [2.05, 4.69) is 15.3 Å². The van der Waals surface area contributed by atoms with Gasteiger partial charge < -0.3 is 25.4 Å². The van der Waals surface area contributed by atoms with Crippen molar-refractivity contribution in [3.8, 4) is 22.8 Å². The van der Waals surface area contributed by atoms with E-state index in [9.17, 15) is 4.79 Å². The minimum absolute atomic E-state index is 0.101. The van der Waals surface area contributed by atoms with Crippen LogP contribution in [0.4, 0.5) is 11.6 Å². The Bertz CT molecular complexity index is 1100. The molecule has 0 radical (unpaired) electrons. The number of hydrogen-bond acceptors (Lipinski definition) is 7. The predicted molar refractivity (Wildman–Crippen MR) is 124 cm³/mol. The van der Waals surface area contributed by atoms with Crippen molar-refractivity contribution in [3.05, 3.63) is 60.3 Å². The number of hydrogen-bond donors (Lipinski definition) is 2. The highest BCUT2D eigenvalue weighted by molar-refractivity contribution is 5.95. The van der Waals surface area contributed by atoms with Crippen LogP contribution >= 0.6 is 0 Å². The number of nitrogen functional groups attached to an aromatic ring is 1. The fraction of sp³-hybridized carbons (Fsp3) is 0.292. The quantitative estimate of drug-likeness (QED) is 0.591. The summed E-state index contributed by atoms with van der Waals surface area (Å²) < 4.78 is 11.8. The van der Waals surface area contributed by atoms with Crippen molar-refractivity contribution in [1.29, 1.82) is 0 Å². The zero-order chi connectivity index (χ0) is 22.5. The molecule has 1 amide bonds. The number of fused-ring (bicyclic) bond motifs is 1. The predicted octanol–water partition coefficient (Wildman–Crippen LogP) is 2.86. The van der Waals surface area contributed by atoms with Crippen LogP contribution in [-0.4, -0.2) is 54.6 Å². The number of carbonyl (C=O) groups is 1. The monoisotopic (exact) mass is 433 g/mol. The molecule has 3 aromatic rings. The number of nitrogens with two attached hydrogens (primary N) is 1. The number of likely N-dealkylation sites (N-methyl/N-ethyl adjacent to an activating group) is 1. The molecule has 0 spiro atoms. The molecule has 1 aliphatic rings. The smallest absolute Gasteiger partial charge is 0.231 e. The topological polar surface area (TPSA) is 103 Å². The molecule has 1 atom stereocenters. The highest BCUT2D eigenvalue weighted by Gasteiger charge is 2.26. The number of nitrogens with zero attached hydrogens (tertiary/aromatic N) is 3. The normalized spacial score (nSPS) is 15.0. The van der Waals surface area contributed by atoms with Crippen LogP contribution in [0.3, 0.4) is 0 Å². The summed E-state index contributed by atoms with van der Waals surface area (Å²) in [5.74, 6) is 1.24. The second kappa shape index (κ2) is 9.65. The molecule has 8 nitrogen and oxygen atoms in total. The van der Waals surface area contributed by atoms with Crippen molar-refractivity contribution in [2.24, 2.45) is 5.92 Å². The zero-order valence-electron chi connectivity index (χ0n) is 18.2. The largest absolute Gasteiger partial charge is 0.492 e. The van der Waals surface area contributed by atoms with Gasteiger partial charge in [-0.2, -0.15) is 0 Å². The van der Waals surface area contributed by atoms with E-state index in [1.807, 2.05) is 61.5 Å². The van der Waals surface area contributed by atoms with Gasteiger partial charge in [0.1, 0.15) is 24.7 Å². The van der Waals surface area contributed by atoms with E-state index < -0.39 is 0 Å². The standard InChI is InChI=1S/C24H27N5O3/c1-29(2)11-12-31-22-14-16(19-9-10-26-24(25)28-19)7-8-20(22)27-23(30)18-13-17-5-3-4-6-21(17)32-15-18/h3-10,14,18H,11-13,15H2,1-2H3,(H,27,30)(H2,25,26,28). The van der Waals surface area contributed by atoms with Gasteiger partial charge in [-0.3, -0.25) is 4.79 Å². The summed E-state index contributed by atoms with van der Waals surface area (Å²) in [6.07, 6.45) is 2.25. The number of benzene rings is 2. The van der Waals surface area contributed by atoms with Crippen molar-refractivity contribution in [3.63, 3.8) is 0 Å². The Morgan fingerprint density at radius 3 is 2.91 bits per heavy atom. The number of carbonyl (C=O) groups excluding carboxylic acids is 1. The van der Waals surface area contributed by atoms with Gasteiger partial charge in [0.15, 0.2) is 0 Å². The minimum Gasteiger partial charge on any atom is -0.492 e. The Hall–Kier alpha value is -3.65. The molecule has 166 valence electrons. The third-order valence-electron chi connectivity index (χ3n) is 5.26. The lowest BCUT2D eigenvalue weighted by atomic mass is 9.96. The van der Waals surface area contributed by atoms with Crippen LogP contribution in [0, 0.1) is 5.92 Å². The van der Waals surface area contributed by atoms with Gasteiger partial charge >= 0.3 is 0 Å². The van der Waals surface area contributed by atoms with Gasteiger partial charge in [0.25, 0.3) is 0 Å². The molecule has 3 N–H and O–H groups in total. The van der Waals surface area contributed by atoms with E-state index in [1.54, 1.807) is 12.3 Å². The molecule has 1 unspecified atom stereocenters. The molecule has 1 aliphatic heterocycles. The van der Waals surface area contributed by atoms with Crippen LogP contribution in [-0.2, 0) is 11.2 Å². The van der Waals surface area contributed by atoms with E-state index in [0.29, 0.717) is 36.8 Å². The van der Waals surface area contributed by atoms with Gasteiger partial charge in [-0.15, -0.1) is 0 Å². The van der Waals surface area contributed by atoms with E-state index in [1.165, 1.54) is 0 Å². The minimum atomic E-state index is -0.277. The van der Waals surface area contributed by atoms with Crippen molar-refractivity contribution in [2.75, 3.05) is 44.9 Å². The lowest BCUT2D eigenvalue weighted by Crippen LogP contribution is -2.32. The van der Waals surface area contributed by atoms with Crippen LogP contribution in [0.5, 0.6) is 11.5 Å². The molecular weight excluding hydrogens is 406 g/mol. The van der Waals surface area contributed by atoms with E-state index in [4.69, 9.17) is 15.2 Å². The van der Waals surface area contributed by atoms with Crippen molar-refractivity contribution >= 4 is 17.5 Å². The lowest BCUT2D eigenvalue weighted by Gasteiger charge is -2.25. The number of amides is 1. The van der Waals surface area contributed by atoms with Crippen LogP contribution < -0.4 is 20.5 Å². The summed E-state index contributed by atoms with van der Waals surface area (Å²) in [4.78, 5) is 23.3. The first-order chi connectivity index (χ1) is 15.5. The molecular formula is C24H27N5O3. The third kappa shape index (κ3) is 5.15. The SMILES string of the molecule is CN(C)CCOc1cc(-c2ccnc(N)n2)ccc1NC(=O)C1COc2ccccc2C1. The van der Waals surface area contributed by atoms with Crippen molar-refractivity contribution in [1.82, 2.24) is 14.9 Å². The molecule has 2 heterocycles. The fourth-order valence-corrected chi connectivity index (χ4v) is 3.51. The summed E-state index contributed by atoms with van der Waals surface area (Å²) >= 11 is 0. The zero-order valence-corrected chi connectivity index (χ0v) is 18.2. The van der Waals surface area contributed by atoms with Crippen LogP contribution in [0.2, 0.25) is 0 Å². The molecule has 0 saturated carbocycles. The number of rotatable bonds is 7. The van der Waals surface area contributed by atoms with Crippen LogP contribution in [0.15, 0.2) is 54.7 Å². The lowest BCUT2D eigenvalue weighted by molar-refractivity contribution is -0.121. The van der Waals surface area contributed by atoms with Crippen LogP contribution in [0.1, 0.15) is 5.56 Å². The number of nitrogens with one attached hydrogen (secondary N) is 1. The average molecular weight is 434 g/mol. The molecule has 8 heteroatoms. The molecule has 0 bridgehead atoms. The number of anilines is 2. The first-order valence-electron chi connectivity index (χ1n) is 10.5. The van der Waals surface area contributed by atoms with Gasteiger partial charge in [-0.1, -0.05) is 24.3 Å². The molecule has 0 fully saturated rings. The van der Waals surface area contributed by atoms with E-state index >= 15 is 0 Å².